The van der Waals surface area contributed by atoms with Crippen molar-refractivity contribution >= 4 is 22.0 Å². The Kier molecular flexibility index (Phi) is 3.66. The summed E-state index contributed by atoms with van der Waals surface area (Å²) in [6.45, 7) is -1.19. The fraction of sp³-hybridized carbons (Fsp3) is 0.364. The van der Waals surface area contributed by atoms with Crippen LogP contribution in [0.25, 0.3) is 0 Å². The highest BCUT2D eigenvalue weighted by Crippen LogP contribution is 2.40. The molecule has 0 spiro atoms. The van der Waals surface area contributed by atoms with Gasteiger partial charge in [0.2, 0.25) is 0 Å². The van der Waals surface area contributed by atoms with Crippen molar-refractivity contribution in [3.63, 3.8) is 0 Å². The number of cyclic esters (lactones) is 1. The van der Waals surface area contributed by atoms with Crippen LogP contribution in [0.3, 0.4) is 0 Å². The van der Waals surface area contributed by atoms with Gasteiger partial charge in [-0.25, -0.2) is 13.6 Å². The molecule has 20 heavy (non-hydrogen) atoms. The Bertz CT molecular complexity index is 546. The highest BCUT2D eigenvalue weighted by atomic mass is 79.9. The molecule has 0 aliphatic carbocycles. The summed E-state index contributed by atoms with van der Waals surface area (Å²) in [5.41, 5.74) is -1.44. The van der Waals surface area contributed by atoms with Crippen LogP contribution in [0.2, 0.25) is 0 Å². The van der Waals surface area contributed by atoms with Gasteiger partial charge in [-0.2, -0.15) is 13.2 Å². The molecule has 1 aliphatic heterocycles. The van der Waals surface area contributed by atoms with E-state index in [-0.39, 0.29) is 10.0 Å². The molecule has 0 aromatic heterocycles. The van der Waals surface area contributed by atoms with Crippen LogP contribution in [0, 0.1) is 0 Å². The second-order valence-electron chi connectivity index (χ2n) is 4.15. The minimum atomic E-state index is -4.67. The predicted octanol–water partition coefficient (Wildman–Crippen LogP) is 3.88. The van der Waals surface area contributed by atoms with Gasteiger partial charge in [0.15, 0.2) is 6.61 Å². The molecule has 1 atom stereocenters. The number of hydrogen-bond donors (Lipinski definition) is 1. The van der Waals surface area contributed by atoms with E-state index in [9.17, 15) is 26.7 Å². The quantitative estimate of drug-likeness (QED) is 0.772. The third kappa shape index (κ3) is 2.87. The van der Waals surface area contributed by atoms with E-state index in [4.69, 9.17) is 0 Å². The number of amides is 1. The highest BCUT2D eigenvalue weighted by Gasteiger charge is 2.48. The van der Waals surface area contributed by atoms with Crippen molar-refractivity contribution in [3.8, 4) is 0 Å². The van der Waals surface area contributed by atoms with E-state index in [1.165, 1.54) is 0 Å². The average molecular weight is 360 g/mol. The lowest BCUT2D eigenvalue weighted by atomic mass is 9.98. The number of carbonyl (C=O) groups excluding carboxylic acids is 1. The Balaban J connectivity index is 2.47. The van der Waals surface area contributed by atoms with Crippen molar-refractivity contribution in [3.05, 3.63) is 33.8 Å². The zero-order chi connectivity index (χ0) is 15.1. The summed E-state index contributed by atoms with van der Waals surface area (Å²) in [5.74, 6) is -3.51. The summed E-state index contributed by atoms with van der Waals surface area (Å²) in [5, 5.41) is 1.83. The molecule has 0 saturated carbocycles. The van der Waals surface area contributed by atoms with Crippen LogP contribution in [0.4, 0.5) is 26.7 Å². The van der Waals surface area contributed by atoms with E-state index >= 15 is 0 Å². The second kappa shape index (κ2) is 4.87. The van der Waals surface area contributed by atoms with Crippen molar-refractivity contribution in [2.45, 2.75) is 18.1 Å². The van der Waals surface area contributed by atoms with Gasteiger partial charge in [-0.1, -0.05) is 15.9 Å². The Hall–Kier alpha value is -1.38. The number of rotatable bonds is 1. The number of halogens is 6. The molecule has 1 aromatic rings. The molecule has 3 nitrogen and oxygen atoms in total. The van der Waals surface area contributed by atoms with E-state index in [0.717, 1.165) is 12.1 Å². The third-order valence-corrected chi connectivity index (χ3v) is 3.44. The van der Waals surface area contributed by atoms with Gasteiger partial charge in [0.05, 0.1) is 5.56 Å². The number of alkyl halides is 5. The van der Waals surface area contributed by atoms with Gasteiger partial charge in [-0.15, -0.1) is 0 Å². The lowest BCUT2D eigenvalue weighted by Gasteiger charge is -2.32. The number of nitrogens with one attached hydrogen (secondary N) is 1. The number of alkyl carbamates (subject to hydrolysis) is 1. The van der Waals surface area contributed by atoms with Crippen LogP contribution < -0.4 is 5.32 Å². The van der Waals surface area contributed by atoms with Crippen molar-refractivity contribution < 1.29 is 31.5 Å². The van der Waals surface area contributed by atoms with E-state index in [1.54, 1.807) is 0 Å². The van der Waals surface area contributed by atoms with Gasteiger partial charge < -0.3 is 10.1 Å². The first-order valence-electron chi connectivity index (χ1n) is 5.29. The number of ether oxygens (including phenoxy) is 1. The average Bonchev–Trinajstić information content (AvgIpc) is 2.32. The lowest BCUT2D eigenvalue weighted by molar-refractivity contribution is -0.138. The summed E-state index contributed by atoms with van der Waals surface area (Å²) in [6, 6.07) is 0.456. The molecular formula is C11H7BrF5NO2. The Labute approximate surface area is 118 Å². The first-order chi connectivity index (χ1) is 9.11. The standard InChI is InChI=1S/C11H7BrF5NO2/c12-7-2-1-5(11(15,16)17)3-6(7)8-10(13,14)4-20-9(19)18-8/h1-3,8H,4H2,(H,18,19)/t8-/m0/s1. The Morgan fingerprint density at radius 1 is 1.35 bits per heavy atom. The van der Waals surface area contributed by atoms with Crippen molar-refractivity contribution in [1.82, 2.24) is 5.32 Å². The van der Waals surface area contributed by atoms with E-state index < -0.39 is 36.4 Å². The van der Waals surface area contributed by atoms with E-state index in [1.807, 2.05) is 5.32 Å². The topological polar surface area (TPSA) is 38.3 Å². The Morgan fingerprint density at radius 3 is 2.60 bits per heavy atom. The normalized spacial score (nSPS) is 22.1. The molecule has 0 unspecified atom stereocenters. The maximum Gasteiger partial charge on any atom is 0.416 e. The maximum absolute atomic E-state index is 13.7. The van der Waals surface area contributed by atoms with Gasteiger partial charge in [0.25, 0.3) is 0 Å². The number of benzene rings is 1. The first kappa shape index (κ1) is 15.0. The summed E-state index contributed by atoms with van der Waals surface area (Å²) >= 11 is 2.91. The fourth-order valence-corrected chi connectivity index (χ4v) is 2.23. The van der Waals surface area contributed by atoms with Gasteiger partial charge in [-0.05, 0) is 23.8 Å². The van der Waals surface area contributed by atoms with Crippen molar-refractivity contribution in [2.75, 3.05) is 6.61 Å². The molecular weight excluding hydrogens is 353 g/mol. The number of carbonyl (C=O) groups is 1. The van der Waals surface area contributed by atoms with Gasteiger partial charge in [0.1, 0.15) is 6.04 Å². The van der Waals surface area contributed by atoms with Gasteiger partial charge >= 0.3 is 18.2 Å². The third-order valence-electron chi connectivity index (χ3n) is 2.71. The zero-order valence-corrected chi connectivity index (χ0v) is 11.2. The minimum absolute atomic E-state index is 0.0392. The maximum atomic E-state index is 13.7. The van der Waals surface area contributed by atoms with Gasteiger partial charge in [-0.3, -0.25) is 0 Å². The Morgan fingerprint density at radius 2 is 2.00 bits per heavy atom. The summed E-state index contributed by atoms with van der Waals surface area (Å²) in [7, 11) is 0. The highest BCUT2D eigenvalue weighted by molar-refractivity contribution is 9.10. The van der Waals surface area contributed by atoms with E-state index in [0.29, 0.717) is 6.07 Å². The van der Waals surface area contributed by atoms with Crippen LogP contribution in [-0.2, 0) is 10.9 Å². The predicted molar refractivity (Wildman–Crippen MR) is 61.3 cm³/mol. The molecule has 0 radical (unpaired) electrons. The summed E-state index contributed by atoms with van der Waals surface area (Å²) < 4.78 is 69.4. The van der Waals surface area contributed by atoms with E-state index in [2.05, 4.69) is 20.7 Å². The van der Waals surface area contributed by atoms with Crippen LogP contribution in [0.5, 0.6) is 0 Å². The van der Waals surface area contributed by atoms with Crippen LogP contribution in [0.15, 0.2) is 22.7 Å². The molecule has 1 heterocycles. The SMILES string of the molecule is O=C1N[C@@H](c2cc(C(F)(F)F)ccc2Br)C(F)(F)CO1. The van der Waals surface area contributed by atoms with Crippen molar-refractivity contribution in [1.29, 1.82) is 0 Å². The number of hydrogen-bond acceptors (Lipinski definition) is 2. The van der Waals surface area contributed by atoms with Crippen LogP contribution in [-0.4, -0.2) is 18.6 Å². The molecule has 9 heteroatoms. The van der Waals surface area contributed by atoms with Crippen LogP contribution in [0.1, 0.15) is 17.2 Å². The molecule has 1 aliphatic rings. The second-order valence-corrected chi connectivity index (χ2v) is 5.00. The minimum Gasteiger partial charge on any atom is -0.443 e. The molecule has 1 amide bonds. The van der Waals surface area contributed by atoms with Crippen molar-refractivity contribution in [2.24, 2.45) is 0 Å². The molecule has 1 saturated heterocycles. The smallest absolute Gasteiger partial charge is 0.416 e. The fourth-order valence-electron chi connectivity index (χ4n) is 1.76. The summed E-state index contributed by atoms with van der Waals surface area (Å²) in [4.78, 5) is 11.0. The molecule has 2 rings (SSSR count). The molecule has 1 N–H and O–H groups in total. The van der Waals surface area contributed by atoms with Crippen LogP contribution >= 0.6 is 15.9 Å². The lowest BCUT2D eigenvalue weighted by Crippen LogP contribution is -2.49. The molecule has 1 fully saturated rings. The molecule has 110 valence electrons. The molecule has 0 bridgehead atoms. The summed E-state index contributed by atoms with van der Waals surface area (Å²) in [6.07, 6.45) is -5.77. The largest absolute Gasteiger partial charge is 0.443 e. The molecule has 1 aromatic carbocycles. The zero-order valence-electron chi connectivity index (χ0n) is 9.60. The first-order valence-corrected chi connectivity index (χ1v) is 6.08. The van der Waals surface area contributed by atoms with Gasteiger partial charge in [0, 0.05) is 4.47 Å². The monoisotopic (exact) mass is 359 g/mol.